The summed E-state index contributed by atoms with van der Waals surface area (Å²) in [4.78, 5) is 4.40. The van der Waals surface area contributed by atoms with Gasteiger partial charge in [0.25, 0.3) is 5.22 Å². The molecule has 3 rings (SSSR count). The first-order valence-electron chi connectivity index (χ1n) is 6.61. The molecular weight excluding hydrogens is 302 g/mol. The largest absolute Gasteiger partial charge is 0.416 e. The van der Waals surface area contributed by atoms with E-state index in [9.17, 15) is 0 Å². The Morgan fingerprint density at radius 3 is 2.67 bits per heavy atom. The molecule has 1 aromatic carbocycles. The summed E-state index contributed by atoms with van der Waals surface area (Å²) in [6, 6.07) is 8.47. The molecule has 3 aromatic rings. The van der Waals surface area contributed by atoms with E-state index in [1.54, 1.807) is 23.1 Å². The third-order valence-electron chi connectivity index (χ3n) is 2.93. The maximum Gasteiger partial charge on any atom is 0.276 e. The van der Waals surface area contributed by atoms with Gasteiger partial charge < -0.3 is 4.42 Å². The number of hydrogen-bond donors (Lipinski definition) is 0. The summed E-state index contributed by atoms with van der Waals surface area (Å²) in [6.45, 7) is 4.08. The number of nitrogens with zero attached hydrogens (tertiary/aromatic N) is 3. The molecule has 2 heterocycles. The second-order valence-corrected chi connectivity index (χ2v) is 6.76. The fraction of sp³-hybridized carbons (Fsp3) is 0.267. The number of thioether (sulfide) groups is 1. The maximum atomic E-state index is 5.65. The zero-order chi connectivity index (χ0) is 14.7. The van der Waals surface area contributed by atoms with Gasteiger partial charge in [-0.25, -0.2) is 4.98 Å². The van der Waals surface area contributed by atoms with Crippen molar-refractivity contribution >= 4 is 23.1 Å². The molecule has 2 aromatic heterocycles. The molecule has 0 saturated heterocycles. The van der Waals surface area contributed by atoms with Crippen LogP contribution in [0, 0.1) is 13.8 Å². The maximum absolute atomic E-state index is 5.65. The lowest BCUT2D eigenvalue weighted by atomic mass is 10.2. The van der Waals surface area contributed by atoms with Gasteiger partial charge in [-0.3, -0.25) is 0 Å². The number of aromatic nitrogens is 3. The first kappa shape index (κ1) is 14.3. The summed E-state index contributed by atoms with van der Waals surface area (Å²) in [5.41, 5.74) is 3.50. The molecule has 4 nitrogen and oxygen atoms in total. The van der Waals surface area contributed by atoms with Gasteiger partial charge in [0.05, 0.1) is 17.1 Å². The molecular formula is C15H15N3OS2. The van der Waals surface area contributed by atoms with Gasteiger partial charge in [0.2, 0.25) is 5.89 Å². The summed E-state index contributed by atoms with van der Waals surface area (Å²) in [5, 5.41) is 11.8. The van der Waals surface area contributed by atoms with Gasteiger partial charge in [-0.15, -0.1) is 21.5 Å². The number of thiazole rings is 1. The molecule has 6 heteroatoms. The van der Waals surface area contributed by atoms with E-state index in [-0.39, 0.29) is 0 Å². The summed E-state index contributed by atoms with van der Waals surface area (Å²) in [5.74, 6) is 1.45. The standard InChI is InChI=1S/C15H15N3OS2/c1-10-3-5-12(6-4-10)8-21-15-18-17-14(19-15)7-13-9-20-11(2)16-13/h3-6,9H,7-8H2,1-2H3. The molecule has 0 aliphatic heterocycles. The van der Waals surface area contributed by atoms with E-state index >= 15 is 0 Å². The third-order valence-corrected chi connectivity index (χ3v) is 4.64. The van der Waals surface area contributed by atoms with Crippen LogP contribution in [-0.2, 0) is 12.2 Å². The van der Waals surface area contributed by atoms with Gasteiger partial charge in [-0.05, 0) is 19.4 Å². The van der Waals surface area contributed by atoms with E-state index in [0.717, 1.165) is 16.5 Å². The Kier molecular flexibility index (Phi) is 4.36. The average molecular weight is 317 g/mol. The lowest BCUT2D eigenvalue weighted by Gasteiger charge is -1.98. The van der Waals surface area contributed by atoms with Crippen LogP contribution in [0.25, 0.3) is 0 Å². The minimum atomic E-state index is 0.600. The normalized spacial score (nSPS) is 11.0. The predicted octanol–water partition coefficient (Wildman–Crippen LogP) is 4.03. The molecule has 108 valence electrons. The summed E-state index contributed by atoms with van der Waals surface area (Å²) in [7, 11) is 0. The summed E-state index contributed by atoms with van der Waals surface area (Å²) in [6.07, 6.45) is 0.600. The van der Waals surface area contributed by atoms with E-state index in [1.807, 2.05) is 12.3 Å². The molecule has 0 radical (unpaired) electrons. The number of rotatable bonds is 5. The Bertz CT molecular complexity index is 719. The fourth-order valence-corrected chi connectivity index (χ4v) is 3.19. The van der Waals surface area contributed by atoms with E-state index in [4.69, 9.17) is 4.42 Å². The van der Waals surface area contributed by atoms with Gasteiger partial charge in [0.1, 0.15) is 0 Å². The Balaban J connectivity index is 1.58. The summed E-state index contributed by atoms with van der Waals surface area (Å²) < 4.78 is 5.65. The van der Waals surface area contributed by atoms with Crippen LogP contribution in [0.3, 0.4) is 0 Å². The monoisotopic (exact) mass is 317 g/mol. The molecule has 0 spiro atoms. The second-order valence-electron chi connectivity index (χ2n) is 4.77. The second kappa shape index (κ2) is 6.41. The van der Waals surface area contributed by atoms with Gasteiger partial charge in [0, 0.05) is 11.1 Å². The van der Waals surface area contributed by atoms with Crippen molar-refractivity contribution < 1.29 is 4.42 Å². The molecule has 0 N–H and O–H groups in total. The van der Waals surface area contributed by atoms with Gasteiger partial charge in [0.15, 0.2) is 0 Å². The van der Waals surface area contributed by atoms with Crippen molar-refractivity contribution in [1.29, 1.82) is 0 Å². The average Bonchev–Trinajstić information content (AvgIpc) is 3.08. The third kappa shape index (κ3) is 3.92. The SMILES string of the molecule is Cc1ccc(CSc2nnc(Cc3csc(C)n3)o2)cc1. The lowest BCUT2D eigenvalue weighted by molar-refractivity contribution is 0.419. The fourth-order valence-electron chi connectivity index (χ4n) is 1.84. The molecule has 0 bridgehead atoms. The Morgan fingerprint density at radius 2 is 1.95 bits per heavy atom. The van der Waals surface area contributed by atoms with Crippen LogP contribution in [0.1, 0.15) is 27.7 Å². The smallest absolute Gasteiger partial charge is 0.276 e. The van der Waals surface area contributed by atoms with Crippen molar-refractivity contribution in [2.75, 3.05) is 0 Å². The van der Waals surface area contributed by atoms with Gasteiger partial charge in [-0.1, -0.05) is 41.6 Å². The van der Waals surface area contributed by atoms with Crippen molar-refractivity contribution in [1.82, 2.24) is 15.2 Å². The Morgan fingerprint density at radius 1 is 1.14 bits per heavy atom. The first-order chi connectivity index (χ1) is 10.2. The van der Waals surface area contributed by atoms with E-state index in [1.165, 1.54) is 11.1 Å². The molecule has 0 unspecified atom stereocenters. The molecule has 0 saturated carbocycles. The van der Waals surface area contributed by atoms with Gasteiger partial charge >= 0.3 is 0 Å². The Labute approximate surface area is 131 Å². The number of benzene rings is 1. The number of hydrogen-bond acceptors (Lipinski definition) is 6. The zero-order valence-corrected chi connectivity index (χ0v) is 13.5. The molecule has 0 atom stereocenters. The quantitative estimate of drug-likeness (QED) is 0.665. The summed E-state index contributed by atoms with van der Waals surface area (Å²) >= 11 is 3.19. The van der Waals surface area contributed by atoms with Gasteiger partial charge in [-0.2, -0.15) is 0 Å². The van der Waals surface area contributed by atoms with Crippen LogP contribution in [0.2, 0.25) is 0 Å². The Hall–Kier alpha value is -1.66. The molecule has 0 aliphatic carbocycles. The minimum absolute atomic E-state index is 0.600. The number of aryl methyl sites for hydroxylation is 2. The van der Waals surface area contributed by atoms with Crippen LogP contribution >= 0.6 is 23.1 Å². The van der Waals surface area contributed by atoms with E-state index in [2.05, 4.69) is 46.4 Å². The predicted molar refractivity (Wildman–Crippen MR) is 84.7 cm³/mol. The van der Waals surface area contributed by atoms with Crippen LogP contribution in [-0.4, -0.2) is 15.2 Å². The van der Waals surface area contributed by atoms with Crippen molar-refractivity contribution in [3.8, 4) is 0 Å². The highest BCUT2D eigenvalue weighted by Gasteiger charge is 2.09. The molecule has 0 amide bonds. The zero-order valence-electron chi connectivity index (χ0n) is 11.9. The minimum Gasteiger partial charge on any atom is -0.416 e. The van der Waals surface area contributed by atoms with Crippen LogP contribution < -0.4 is 0 Å². The molecule has 0 aliphatic rings. The van der Waals surface area contributed by atoms with Crippen molar-refractivity contribution in [3.05, 3.63) is 57.4 Å². The lowest BCUT2D eigenvalue weighted by Crippen LogP contribution is -1.88. The van der Waals surface area contributed by atoms with E-state index in [0.29, 0.717) is 17.5 Å². The molecule has 21 heavy (non-hydrogen) atoms. The van der Waals surface area contributed by atoms with Crippen molar-refractivity contribution in [2.45, 2.75) is 31.2 Å². The molecule has 0 fully saturated rings. The van der Waals surface area contributed by atoms with E-state index < -0.39 is 0 Å². The first-order valence-corrected chi connectivity index (χ1v) is 8.47. The van der Waals surface area contributed by atoms with Crippen LogP contribution in [0.4, 0.5) is 0 Å². The highest BCUT2D eigenvalue weighted by Crippen LogP contribution is 2.22. The highest BCUT2D eigenvalue weighted by atomic mass is 32.2. The highest BCUT2D eigenvalue weighted by molar-refractivity contribution is 7.98. The van der Waals surface area contributed by atoms with Crippen molar-refractivity contribution in [2.24, 2.45) is 0 Å². The van der Waals surface area contributed by atoms with Crippen LogP contribution in [0.15, 0.2) is 39.3 Å². The topological polar surface area (TPSA) is 51.8 Å². The van der Waals surface area contributed by atoms with Crippen molar-refractivity contribution in [3.63, 3.8) is 0 Å². The van der Waals surface area contributed by atoms with Crippen LogP contribution in [0.5, 0.6) is 0 Å².